The van der Waals surface area contributed by atoms with Gasteiger partial charge in [0.1, 0.15) is 0 Å². The quantitative estimate of drug-likeness (QED) is 0.117. The van der Waals surface area contributed by atoms with E-state index in [0.717, 1.165) is 25.9 Å². The van der Waals surface area contributed by atoms with Crippen LogP contribution in [0.2, 0.25) is 0 Å². The molecule has 2 heteroatoms. The maximum absolute atomic E-state index is 3.60. The maximum Gasteiger partial charge on any atom is 0.0400 e. The Labute approximate surface area is 243 Å². The number of rotatable bonds is 19. The molecule has 210 valence electrons. The third kappa shape index (κ3) is 11.7. The molecule has 2 nitrogen and oxygen atoms in total. The Morgan fingerprint density at radius 3 is 1.32 bits per heavy atom. The number of nitrogens with one attached hydrogen (secondary N) is 2. The van der Waals surface area contributed by atoms with E-state index >= 15 is 0 Å². The number of anilines is 2. The Bertz CT molecular complexity index is 1070. The normalized spacial score (nSPS) is 10.9. The van der Waals surface area contributed by atoms with Crippen LogP contribution in [0.5, 0.6) is 0 Å². The summed E-state index contributed by atoms with van der Waals surface area (Å²) >= 11 is 0. The molecule has 0 fully saturated rings. The van der Waals surface area contributed by atoms with Crippen molar-refractivity contribution in [2.75, 3.05) is 17.2 Å². The summed E-state index contributed by atoms with van der Waals surface area (Å²) in [7, 11) is 0. The third-order valence-corrected chi connectivity index (χ3v) is 7.76. The van der Waals surface area contributed by atoms with E-state index in [4.69, 9.17) is 0 Å². The van der Waals surface area contributed by atoms with Crippen molar-refractivity contribution in [3.63, 3.8) is 0 Å². The minimum atomic E-state index is 0.877. The summed E-state index contributed by atoms with van der Waals surface area (Å²) in [6.45, 7) is 1.95. The minimum Gasteiger partial charge on any atom is -0.385 e. The number of aryl methyl sites for hydroxylation is 3. The van der Waals surface area contributed by atoms with Gasteiger partial charge in [-0.1, -0.05) is 130 Å². The van der Waals surface area contributed by atoms with E-state index in [0.29, 0.717) is 0 Å². The van der Waals surface area contributed by atoms with E-state index in [9.17, 15) is 0 Å². The van der Waals surface area contributed by atoms with Crippen molar-refractivity contribution in [2.45, 2.75) is 83.6 Å². The van der Waals surface area contributed by atoms with E-state index in [2.05, 4.69) is 120 Å². The van der Waals surface area contributed by atoms with Crippen LogP contribution in [0.3, 0.4) is 0 Å². The lowest BCUT2D eigenvalue weighted by Crippen LogP contribution is -2.01. The Morgan fingerprint density at radius 2 is 0.750 bits per heavy atom. The van der Waals surface area contributed by atoms with E-state index in [1.807, 2.05) is 0 Å². The third-order valence-electron chi connectivity index (χ3n) is 7.76. The molecule has 0 amide bonds. The van der Waals surface area contributed by atoms with E-state index in [1.54, 1.807) is 0 Å². The summed E-state index contributed by atoms with van der Waals surface area (Å²) in [5, 5.41) is 7.11. The van der Waals surface area contributed by atoms with Crippen molar-refractivity contribution in [2.24, 2.45) is 0 Å². The molecule has 0 aromatic heterocycles. The number of hydrogen-bond donors (Lipinski definition) is 2. The van der Waals surface area contributed by atoms with Gasteiger partial charge in [-0.25, -0.2) is 0 Å². The second kappa shape index (κ2) is 17.9. The molecule has 0 atom stereocenters. The molecule has 40 heavy (non-hydrogen) atoms. The molecule has 0 saturated heterocycles. The van der Waals surface area contributed by atoms with Gasteiger partial charge in [-0.2, -0.15) is 0 Å². The van der Waals surface area contributed by atoms with Crippen LogP contribution < -0.4 is 10.6 Å². The average Bonchev–Trinajstić information content (AvgIpc) is 3.02. The summed E-state index contributed by atoms with van der Waals surface area (Å²) < 4.78 is 0. The maximum atomic E-state index is 3.60. The molecule has 0 radical (unpaired) electrons. The number of unbranched alkanes of at least 4 members (excludes halogenated alkanes) is 8. The fourth-order valence-electron chi connectivity index (χ4n) is 5.24. The van der Waals surface area contributed by atoms with Gasteiger partial charge in [-0.05, 0) is 78.6 Å². The molecular formula is C38H48N2. The molecule has 0 bridgehead atoms. The molecule has 0 spiro atoms. The second-order valence-corrected chi connectivity index (χ2v) is 11.1. The molecule has 4 rings (SSSR count). The molecular weight excluding hydrogens is 484 g/mol. The van der Waals surface area contributed by atoms with Gasteiger partial charge >= 0.3 is 0 Å². The van der Waals surface area contributed by atoms with Crippen LogP contribution >= 0.6 is 0 Å². The highest BCUT2D eigenvalue weighted by Crippen LogP contribution is 2.16. The van der Waals surface area contributed by atoms with Crippen LogP contribution in [0.25, 0.3) is 0 Å². The van der Waals surface area contributed by atoms with E-state index in [-0.39, 0.29) is 0 Å². The SMILES string of the molecule is c1ccc(CCc2ccc(NCCCCCCCCCCCc3ccc(NCc4ccccc4)cc3)cc2)cc1. The molecule has 0 saturated carbocycles. The smallest absolute Gasteiger partial charge is 0.0400 e. The lowest BCUT2D eigenvalue weighted by atomic mass is 10.0. The van der Waals surface area contributed by atoms with Crippen LogP contribution in [0, 0.1) is 0 Å². The zero-order chi connectivity index (χ0) is 27.5. The molecule has 0 heterocycles. The molecule has 4 aromatic carbocycles. The summed E-state index contributed by atoms with van der Waals surface area (Å²) in [4.78, 5) is 0. The fraction of sp³-hybridized carbons (Fsp3) is 0.368. The standard InChI is InChI=1S/C38H48N2/c1(2-4-6-10-18-34-23-29-38(30-24-34)40-32-36-19-13-9-14-20-36)3-5-7-15-31-39-37-27-25-35(26-28-37)22-21-33-16-11-8-12-17-33/h8-9,11-14,16-17,19-20,23-30,39-40H,1-7,10,15,18,21-22,31-32H2. The van der Waals surface area contributed by atoms with Gasteiger partial charge in [0.15, 0.2) is 0 Å². The monoisotopic (exact) mass is 532 g/mol. The molecule has 2 N–H and O–H groups in total. The first-order chi connectivity index (χ1) is 19.8. The molecule has 0 unspecified atom stereocenters. The predicted molar refractivity (Wildman–Crippen MR) is 174 cm³/mol. The van der Waals surface area contributed by atoms with Crippen molar-refractivity contribution >= 4 is 11.4 Å². The molecule has 0 aliphatic carbocycles. The second-order valence-electron chi connectivity index (χ2n) is 11.1. The minimum absolute atomic E-state index is 0.877. The lowest BCUT2D eigenvalue weighted by Gasteiger charge is -2.08. The predicted octanol–water partition coefficient (Wildman–Crippen LogP) is 10.2. The Kier molecular flexibility index (Phi) is 13.2. The van der Waals surface area contributed by atoms with Crippen LogP contribution in [-0.2, 0) is 25.8 Å². The van der Waals surface area contributed by atoms with Crippen molar-refractivity contribution in [3.05, 3.63) is 131 Å². The van der Waals surface area contributed by atoms with Gasteiger partial charge in [-0.15, -0.1) is 0 Å². The fourth-order valence-corrected chi connectivity index (χ4v) is 5.24. The number of hydrogen-bond acceptors (Lipinski definition) is 2. The highest BCUT2D eigenvalue weighted by atomic mass is 14.9. The number of benzene rings is 4. The largest absolute Gasteiger partial charge is 0.385 e. The molecule has 4 aromatic rings. The first-order valence-corrected chi connectivity index (χ1v) is 15.6. The van der Waals surface area contributed by atoms with Crippen LogP contribution in [-0.4, -0.2) is 6.54 Å². The van der Waals surface area contributed by atoms with Gasteiger partial charge in [0.25, 0.3) is 0 Å². The zero-order valence-corrected chi connectivity index (χ0v) is 24.3. The van der Waals surface area contributed by atoms with Gasteiger partial charge in [0, 0.05) is 24.5 Å². The summed E-state index contributed by atoms with van der Waals surface area (Å²) in [5.74, 6) is 0. The van der Waals surface area contributed by atoms with Gasteiger partial charge in [0.05, 0.1) is 0 Å². The Hall–Kier alpha value is -3.52. The van der Waals surface area contributed by atoms with E-state index < -0.39 is 0 Å². The van der Waals surface area contributed by atoms with Gasteiger partial charge in [0.2, 0.25) is 0 Å². The molecule has 0 aliphatic heterocycles. The van der Waals surface area contributed by atoms with Crippen LogP contribution in [0.15, 0.2) is 109 Å². The highest BCUT2D eigenvalue weighted by Gasteiger charge is 1.99. The average molecular weight is 533 g/mol. The van der Waals surface area contributed by atoms with Crippen molar-refractivity contribution in [3.8, 4) is 0 Å². The topological polar surface area (TPSA) is 24.1 Å². The van der Waals surface area contributed by atoms with Gasteiger partial charge < -0.3 is 10.6 Å². The van der Waals surface area contributed by atoms with Crippen LogP contribution in [0.1, 0.15) is 80.0 Å². The summed E-state index contributed by atoms with van der Waals surface area (Å²) in [6.07, 6.45) is 15.5. The molecule has 0 aliphatic rings. The van der Waals surface area contributed by atoms with Crippen molar-refractivity contribution < 1.29 is 0 Å². The van der Waals surface area contributed by atoms with Crippen molar-refractivity contribution in [1.82, 2.24) is 0 Å². The first kappa shape index (κ1) is 29.5. The highest BCUT2D eigenvalue weighted by molar-refractivity contribution is 5.45. The first-order valence-electron chi connectivity index (χ1n) is 15.6. The summed E-state index contributed by atoms with van der Waals surface area (Å²) in [5.41, 5.74) is 8.05. The van der Waals surface area contributed by atoms with Crippen LogP contribution in [0.4, 0.5) is 11.4 Å². The van der Waals surface area contributed by atoms with Gasteiger partial charge in [-0.3, -0.25) is 0 Å². The summed E-state index contributed by atoms with van der Waals surface area (Å²) in [6, 6.07) is 39.3. The zero-order valence-electron chi connectivity index (χ0n) is 24.3. The Morgan fingerprint density at radius 1 is 0.325 bits per heavy atom. The van der Waals surface area contributed by atoms with E-state index in [1.165, 1.54) is 97.8 Å². The Balaban J connectivity index is 0.938. The lowest BCUT2D eigenvalue weighted by molar-refractivity contribution is 0.562. The van der Waals surface area contributed by atoms with Crippen molar-refractivity contribution in [1.29, 1.82) is 0 Å².